The standard InChI is InChI=1S/C10H14ClNO5S/c11-8-2-1-3-9(4-8)18(16,17)12-10(5-13,6-14)7-15/h1-4,12-15H,5-7H2. The molecule has 1 aromatic carbocycles. The Kier molecular flexibility index (Phi) is 5.09. The number of rotatable bonds is 6. The number of aliphatic hydroxyl groups excluding tert-OH is 3. The smallest absolute Gasteiger partial charge is 0.241 e. The van der Waals surface area contributed by atoms with Crippen LogP contribution in [0.25, 0.3) is 0 Å². The molecule has 102 valence electrons. The molecule has 8 heteroatoms. The van der Waals surface area contributed by atoms with Gasteiger partial charge in [-0.3, -0.25) is 0 Å². The predicted molar refractivity (Wildman–Crippen MR) is 65.8 cm³/mol. The minimum absolute atomic E-state index is 0.116. The molecule has 1 rings (SSSR count). The molecule has 18 heavy (non-hydrogen) atoms. The normalized spacial score (nSPS) is 12.7. The minimum atomic E-state index is -3.99. The summed E-state index contributed by atoms with van der Waals surface area (Å²) in [5.41, 5.74) is -1.71. The summed E-state index contributed by atoms with van der Waals surface area (Å²) in [5.74, 6) is 0. The number of hydrogen-bond donors (Lipinski definition) is 4. The average molecular weight is 296 g/mol. The van der Waals surface area contributed by atoms with E-state index in [-0.39, 0.29) is 9.92 Å². The van der Waals surface area contributed by atoms with Gasteiger partial charge in [-0.25, -0.2) is 8.42 Å². The first-order valence-electron chi connectivity index (χ1n) is 5.01. The van der Waals surface area contributed by atoms with E-state index in [0.717, 1.165) is 0 Å². The van der Waals surface area contributed by atoms with Gasteiger partial charge >= 0.3 is 0 Å². The third-order valence-corrected chi connectivity index (χ3v) is 4.18. The van der Waals surface area contributed by atoms with Crippen molar-refractivity contribution < 1.29 is 23.7 Å². The van der Waals surface area contributed by atoms with Gasteiger partial charge < -0.3 is 15.3 Å². The van der Waals surface area contributed by atoms with Crippen molar-refractivity contribution in [3.63, 3.8) is 0 Å². The molecule has 0 bridgehead atoms. The molecule has 4 N–H and O–H groups in total. The van der Waals surface area contributed by atoms with Crippen molar-refractivity contribution in [3.8, 4) is 0 Å². The van der Waals surface area contributed by atoms with E-state index in [0.29, 0.717) is 0 Å². The molecule has 0 aromatic heterocycles. The largest absolute Gasteiger partial charge is 0.394 e. The fourth-order valence-electron chi connectivity index (χ4n) is 1.22. The highest BCUT2D eigenvalue weighted by Gasteiger charge is 2.33. The summed E-state index contributed by atoms with van der Waals surface area (Å²) in [4.78, 5) is -0.116. The zero-order valence-electron chi connectivity index (χ0n) is 9.38. The molecule has 0 fully saturated rings. The van der Waals surface area contributed by atoms with E-state index in [1.54, 1.807) is 0 Å². The second kappa shape index (κ2) is 5.96. The Morgan fingerprint density at radius 2 is 1.72 bits per heavy atom. The van der Waals surface area contributed by atoms with Gasteiger partial charge in [0.2, 0.25) is 10.0 Å². The Hall–Kier alpha value is -0.700. The summed E-state index contributed by atoms with van der Waals surface area (Å²) >= 11 is 5.68. The molecule has 0 heterocycles. The van der Waals surface area contributed by atoms with Gasteiger partial charge in [0.25, 0.3) is 0 Å². The van der Waals surface area contributed by atoms with Crippen LogP contribution in [0.15, 0.2) is 29.2 Å². The summed E-state index contributed by atoms with van der Waals surface area (Å²) < 4.78 is 26.0. The number of halogens is 1. The summed E-state index contributed by atoms with van der Waals surface area (Å²) in [6, 6.07) is 5.50. The molecule has 0 aliphatic rings. The van der Waals surface area contributed by atoms with Crippen LogP contribution in [0.1, 0.15) is 0 Å². The quantitative estimate of drug-likeness (QED) is 0.557. The fraction of sp³-hybridized carbons (Fsp3) is 0.400. The van der Waals surface area contributed by atoms with E-state index in [1.807, 2.05) is 0 Å². The van der Waals surface area contributed by atoms with Gasteiger partial charge in [-0.2, -0.15) is 4.72 Å². The Morgan fingerprint density at radius 1 is 1.17 bits per heavy atom. The van der Waals surface area contributed by atoms with Gasteiger partial charge in [-0.1, -0.05) is 17.7 Å². The molecular formula is C10H14ClNO5S. The molecule has 0 amide bonds. The van der Waals surface area contributed by atoms with Crippen molar-refractivity contribution in [2.24, 2.45) is 0 Å². The second-order valence-corrected chi connectivity index (χ2v) is 5.94. The van der Waals surface area contributed by atoms with E-state index in [4.69, 9.17) is 26.9 Å². The van der Waals surface area contributed by atoms with Crippen LogP contribution in [0, 0.1) is 0 Å². The summed E-state index contributed by atoms with van der Waals surface area (Å²) in [6.45, 7) is -2.21. The molecule has 0 aliphatic carbocycles. The van der Waals surface area contributed by atoms with Crippen LogP contribution in [0.4, 0.5) is 0 Å². The van der Waals surface area contributed by atoms with E-state index >= 15 is 0 Å². The lowest BCUT2D eigenvalue weighted by atomic mass is 10.1. The Morgan fingerprint density at radius 3 is 2.17 bits per heavy atom. The molecule has 0 unspecified atom stereocenters. The number of sulfonamides is 1. The SMILES string of the molecule is O=S(=O)(NC(CO)(CO)CO)c1cccc(Cl)c1. The molecule has 0 saturated carbocycles. The van der Waals surface area contributed by atoms with E-state index in [9.17, 15) is 8.42 Å². The van der Waals surface area contributed by atoms with Gasteiger partial charge in [0, 0.05) is 5.02 Å². The Labute approximate surface area is 110 Å². The van der Waals surface area contributed by atoms with Crippen LogP contribution in [-0.4, -0.2) is 49.1 Å². The lowest BCUT2D eigenvalue weighted by Crippen LogP contribution is -2.56. The second-order valence-electron chi connectivity index (χ2n) is 3.82. The first-order valence-corrected chi connectivity index (χ1v) is 6.87. The average Bonchev–Trinajstić information content (AvgIpc) is 2.36. The molecule has 0 spiro atoms. The number of aliphatic hydroxyl groups is 3. The van der Waals surface area contributed by atoms with Gasteiger partial charge in [0.1, 0.15) is 5.54 Å². The highest BCUT2D eigenvalue weighted by atomic mass is 35.5. The number of benzene rings is 1. The van der Waals surface area contributed by atoms with Crippen LogP contribution in [-0.2, 0) is 10.0 Å². The van der Waals surface area contributed by atoms with Crippen LogP contribution in [0.5, 0.6) is 0 Å². The van der Waals surface area contributed by atoms with Crippen molar-refractivity contribution in [3.05, 3.63) is 29.3 Å². The highest BCUT2D eigenvalue weighted by molar-refractivity contribution is 7.89. The molecule has 6 nitrogen and oxygen atoms in total. The van der Waals surface area contributed by atoms with Crippen LogP contribution in [0.3, 0.4) is 0 Å². The van der Waals surface area contributed by atoms with Gasteiger partial charge in [-0.15, -0.1) is 0 Å². The van der Waals surface area contributed by atoms with Crippen LogP contribution >= 0.6 is 11.6 Å². The Bertz CT molecular complexity index is 492. The number of hydrogen-bond acceptors (Lipinski definition) is 5. The Balaban J connectivity index is 3.08. The maximum atomic E-state index is 12.0. The molecule has 0 saturated heterocycles. The van der Waals surface area contributed by atoms with E-state index in [2.05, 4.69) is 4.72 Å². The lowest BCUT2D eigenvalue weighted by molar-refractivity contribution is 0.0582. The maximum Gasteiger partial charge on any atom is 0.241 e. The van der Waals surface area contributed by atoms with Crippen molar-refractivity contribution in [2.75, 3.05) is 19.8 Å². The number of nitrogens with one attached hydrogen (secondary N) is 1. The van der Waals surface area contributed by atoms with Crippen molar-refractivity contribution in [1.29, 1.82) is 0 Å². The summed E-state index contributed by atoms with van der Waals surface area (Å²) in [7, 11) is -3.99. The van der Waals surface area contributed by atoms with Crippen LogP contribution in [0.2, 0.25) is 5.02 Å². The van der Waals surface area contributed by atoms with Gasteiger partial charge in [0.05, 0.1) is 24.7 Å². The molecule has 0 atom stereocenters. The molecule has 1 aromatic rings. The van der Waals surface area contributed by atoms with Crippen molar-refractivity contribution in [1.82, 2.24) is 4.72 Å². The van der Waals surface area contributed by atoms with E-state index in [1.165, 1.54) is 24.3 Å². The minimum Gasteiger partial charge on any atom is -0.394 e. The third-order valence-electron chi connectivity index (χ3n) is 2.37. The van der Waals surface area contributed by atoms with Gasteiger partial charge in [0.15, 0.2) is 0 Å². The zero-order chi connectivity index (χ0) is 13.8. The first-order chi connectivity index (χ1) is 8.39. The monoisotopic (exact) mass is 295 g/mol. The highest BCUT2D eigenvalue weighted by Crippen LogP contribution is 2.17. The lowest BCUT2D eigenvalue weighted by Gasteiger charge is -2.28. The van der Waals surface area contributed by atoms with Crippen LogP contribution < -0.4 is 4.72 Å². The van der Waals surface area contributed by atoms with E-state index < -0.39 is 35.4 Å². The summed E-state index contributed by atoms with van der Waals surface area (Å²) in [6.07, 6.45) is 0. The summed E-state index contributed by atoms with van der Waals surface area (Å²) in [5, 5.41) is 27.4. The molecular weight excluding hydrogens is 282 g/mol. The fourth-order valence-corrected chi connectivity index (χ4v) is 2.90. The molecule has 0 radical (unpaired) electrons. The predicted octanol–water partition coefficient (Wildman–Crippen LogP) is -0.666. The maximum absolute atomic E-state index is 12.0. The topological polar surface area (TPSA) is 107 Å². The van der Waals surface area contributed by atoms with Gasteiger partial charge in [-0.05, 0) is 18.2 Å². The zero-order valence-corrected chi connectivity index (χ0v) is 10.9. The molecule has 0 aliphatic heterocycles. The van der Waals surface area contributed by atoms with Crippen molar-refractivity contribution in [2.45, 2.75) is 10.4 Å². The van der Waals surface area contributed by atoms with Crippen molar-refractivity contribution >= 4 is 21.6 Å². The third kappa shape index (κ3) is 3.41. The first kappa shape index (κ1) is 15.4.